The summed E-state index contributed by atoms with van der Waals surface area (Å²) in [7, 11) is 4.88. The molecule has 0 radical (unpaired) electrons. The second kappa shape index (κ2) is 11.2. The van der Waals surface area contributed by atoms with Crippen LogP contribution in [0.5, 0.6) is 17.2 Å². The topological polar surface area (TPSA) is 90.7 Å². The number of benzene rings is 2. The molecule has 1 aliphatic heterocycles. The van der Waals surface area contributed by atoms with Crippen molar-refractivity contribution in [3.05, 3.63) is 64.7 Å². The van der Waals surface area contributed by atoms with Gasteiger partial charge in [-0.1, -0.05) is 23.8 Å². The third-order valence-corrected chi connectivity index (χ3v) is 6.32. The zero-order chi connectivity index (χ0) is 24.8. The Balaban J connectivity index is 1.36. The molecule has 3 aromatic rings. The maximum absolute atomic E-state index is 12.4. The van der Waals surface area contributed by atoms with Crippen molar-refractivity contribution in [2.75, 3.05) is 41.0 Å². The second-order valence-corrected chi connectivity index (χ2v) is 8.58. The predicted octanol–water partition coefficient (Wildman–Crippen LogP) is 2.64. The summed E-state index contributed by atoms with van der Waals surface area (Å²) >= 11 is 0. The highest BCUT2D eigenvalue weighted by Crippen LogP contribution is 2.40. The van der Waals surface area contributed by atoms with E-state index in [-0.39, 0.29) is 5.91 Å². The molecule has 0 bridgehead atoms. The molecule has 4 rings (SSSR count). The fraction of sp³-hybridized carbons (Fsp3) is 0.423. The van der Waals surface area contributed by atoms with Crippen molar-refractivity contribution in [2.24, 2.45) is 0 Å². The van der Waals surface area contributed by atoms with E-state index in [1.165, 1.54) is 0 Å². The van der Waals surface area contributed by atoms with Gasteiger partial charge in [-0.2, -0.15) is 0 Å². The number of nitrogens with one attached hydrogen (secondary N) is 1. The van der Waals surface area contributed by atoms with Crippen LogP contribution >= 0.6 is 0 Å². The van der Waals surface area contributed by atoms with Gasteiger partial charge in [-0.25, -0.2) is 0 Å². The Labute approximate surface area is 206 Å². The molecule has 0 spiro atoms. The molecule has 0 saturated heterocycles. The van der Waals surface area contributed by atoms with Crippen molar-refractivity contribution < 1.29 is 19.0 Å². The largest absolute Gasteiger partial charge is 0.493 e. The quantitative estimate of drug-likeness (QED) is 0.505. The molecular formula is C26H33N5O4. The normalized spacial score (nSPS) is 13.6. The van der Waals surface area contributed by atoms with Gasteiger partial charge in [0.2, 0.25) is 5.75 Å². The zero-order valence-electron chi connectivity index (χ0n) is 20.8. The molecule has 1 aromatic heterocycles. The lowest BCUT2D eigenvalue weighted by atomic mass is 10.1. The Bertz CT molecular complexity index is 1160. The van der Waals surface area contributed by atoms with Crippen molar-refractivity contribution in [1.82, 2.24) is 25.0 Å². The number of methoxy groups -OCH3 is 3. The van der Waals surface area contributed by atoms with Crippen LogP contribution in [0.25, 0.3) is 0 Å². The first-order chi connectivity index (χ1) is 17.0. The number of aryl methyl sites for hydroxylation is 1. The van der Waals surface area contributed by atoms with E-state index in [4.69, 9.17) is 14.2 Å². The summed E-state index contributed by atoms with van der Waals surface area (Å²) in [5.41, 5.74) is 2.84. The van der Waals surface area contributed by atoms with Crippen LogP contribution in [0.1, 0.15) is 33.1 Å². The van der Waals surface area contributed by atoms with Gasteiger partial charge in [0.15, 0.2) is 11.5 Å². The lowest BCUT2D eigenvalue weighted by molar-refractivity contribution is 0.0954. The van der Waals surface area contributed by atoms with Crippen molar-refractivity contribution in [1.29, 1.82) is 0 Å². The highest BCUT2D eigenvalue weighted by atomic mass is 16.5. The van der Waals surface area contributed by atoms with Crippen LogP contribution in [0.4, 0.5) is 0 Å². The van der Waals surface area contributed by atoms with Crippen molar-refractivity contribution >= 4 is 5.91 Å². The van der Waals surface area contributed by atoms with E-state index >= 15 is 0 Å². The Morgan fingerprint density at radius 1 is 0.943 bits per heavy atom. The van der Waals surface area contributed by atoms with E-state index in [2.05, 4.69) is 25.0 Å². The summed E-state index contributed by atoms with van der Waals surface area (Å²) < 4.78 is 18.8. The number of aromatic nitrogens is 3. The molecule has 186 valence electrons. The number of amides is 1. The molecule has 35 heavy (non-hydrogen) atoms. The summed E-state index contributed by atoms with van der Waals surface area (Å²) in [5, 5.41) is 11.8. The molecule has 9 heteroatoms. The molecule has 9 nitrogen and oxygen atoms in total. The molecular weight excluding hydrogens is 446 g/mol. The molecule has 1 N–H and O–H groups in total. The fourth-order valence-corrected chi connectivity index (χ4v) is 4.39. The van der Waals surface area contributed by atoms with Gasteiger partial charge in [-0.3, -0.25) is 9.69 Å². The lowest BCUT2D eigenvalue weighted by Crippen LogP contribution is -2.28. The molecule has 0 atom stereocenters. The first-order valence-corrected chi connectivity index (χ1v) is 11.8. The second-order valence-electron chi connectivity index (χ2n) is 8.58. The summed E-state index contributed by atoms with van der Waals surface area (Å²) in [4.78, 5) is 14.8. The van der Waals surface area contributed by atoms with E-state index in [0.29, 0.717) is 35.8 Å². The molecule has 2 aromatic carbocycles. The van der Waals surface area contributed by atoms with Gasteiger partial charge >= 0.3 is 0 Å². The number of ether oxygens (including phenoxy) is 3. The summed E-state index contributed by atoms with van der Waals surface area (Å²) in [5.74, 6) is 3.75. The van der Waals surface area contributed by atoms with Gasteiger partial charge in [-0.05, 0) is 25.1 Å². The summed E-state index contributed by atoms with van der Waals surface area (Å²) in [6.45, 7) is 5.75. The number of hydrogen-bond acceptors (Lipinski definition) is 7. The number of nitrogens with zero attached hydrogens (tertiary/aromatic N) is 4. The van der Waals surface area contributed by atoms with Crippen molar-refractivity contribution in [3.8, 4) is 17.2 Å². The molecule has 0 aliphatic carbocycles. The van der Waals surface area contributed by atoms with Crippen molar-refractivity contribution in [2.45, 2.75) is 32.9 Å². The number of carbonyl (C=O) groups is 1. The van der Waals surface area contributed by atoms with Crippen LogP contribution < -0.4 is 19.5 Å². The monoisotopic (exact) mass is 479 g/mol. The predicted molar refractivity (Wildman–Crippen MR) is 132 cm³/mol. The third-order valence-electron chi connectivity index (χ3n) is 6.32. The van der Waals surface area contributed by atoms with Crippen molar-refractivity contribution in [3.63, 3.8) is 0 Å². The van der Waals surface area contributed by atoms with E-state index < -0.39 is 0 Å². The minimum Gasteiger partial charge on any atom is -0.493 e. The average molecular weight is 480 g/mol. The van der Waals surface area contributed by atoms with Crippen LogP contribution in [0.3, 0.4) is 0 Å². The van der Waals surface area contributed by atoms with E-state index in [1.54, 1.807) is 21.3 Å². The van der Waals surface area contributed by atoms with Gasteiger partial charge in [0, 0.05) is 56.7 Å². The average Bonchev–Trinajstić information content (AvgIpc) is 3.15. The standard InChI is InChI=1S/C26H33N5O4/c1-18-5-7-19(8-6-18)26(32)27-13-11-22-28-29-23-12-14-30(15-16-31(22)23)17-20-9-10-21(33-2)25(35-4)24(20)34-3/h5-10H,11-17H2,1-4H3,(H,27,32). The van der Waals surface area contributed by atoms with Crippen LogP contribution in [0.15, 0.2) is 36.4 Å². The van der Waals surface area contributed by atoms with Crippen LogP contribution in [-0.2, 0) is 25.9 Å². The van der Waals surface area contributed by atoms with Crippen LogP contribution in [0.2, 0.25) is 0 Å². The number of hydrogen-bond donors (Lipinski definition) is 1. The lowest BCUT2D eigenvalue weighted by Gasteiger charge is -2.22. The van der Waals surface area contributed by atoms with E-state index in [9.17, 15) is 4.79 Å². The van der Waals surface area contributed by atoms with Gasteiger partial charge in [0.25, 0.3) is 5.91 Å². The molecule has 0 fully saturated rings. The highest BCUT2D eigenvalue weighted by molar-refractivity contribution is 5.94. The molecule has 1 amide bonds. The van der Waals surface area contributed by atoms with Gasteiger partial charge < -0.3 is 24.1 Å². The molecule has 1 aliphatic rings. The van der Waals surface area contributed by atoms with Crippen LogP contribution in [0, 0.1) is 6.92 Å². The number of fused-ring (bicyclic) bond motifs is 1. The maximum Gasteiger partial charge on any atom is 0.251 e. The van der Waals surface area contributed by atoms with Crippen LogP contribution in [-0.4, -0.2) is 66.5 Å². The fourth-order valence-electron chi connectivity index (χ4n) is 4.39. The van der Waals surface area contributed by atoms with Gasteiger partial charge in [0.05, 0.1) is 21.3 Å². The number of rotatable bonds is 9. The smallest absolute Gasteiger partial charge is 0.251 e. The van der Waals surface area contributed by atoms with Gasteiger partial charge in [0.1, 0.15) is 11.6 Å². The molecule has 0 saturated carbocycles. The summed E-state index contributed by atoms with van der Waals surface area (Å²) in [6, 6.07) is 11.5. The van der Waals surface area contributed by atoms with Gasteiger partial charge in [-0.15, -0.1) is 10.2 Å². The Hall–Kier alpha value is -3.59. The minimum atomic E-state index is -0.0735. The SMILES string of the molecule is COc1ccc(CN2CCc3nnc(CCNC(=O)c4ccc(C)cc4)n3CC2)c(OC)c1OC. The van der Waals surface area contributed by atoms with E-state index in [0.717, 1.165) is 55.4 Å². The first-order valence-electron chi connectivity index (χ1n) is 11.8. The zero-order valence-corrected chi connectivity index (χ0v) is 20.8. The number of carbonyl (C=O) groups excluding carboxylic acids is 1. The first kappa shape index (κ1) is 24.5. The van der Waals surface area contributed by atoms with E-state index in [1.807, 2.05) is 43.3 Å². The highest BCUT2D eigenvalue weighted by Gasteiger charge is 2.22. The maximum atomic E-state index is 12.4. The molecule has 2 heterocycles. The Morgan fingerprint density at radius 2 is 1.71 bits per heavy atom. The third kappa shape index (κ3) is 5.57. The Kier molecular flexibility index (Phi) is 7.87. The molecule has 0 unspecified atom stereocenters. The summed E-state index contributed by atoms with van der Waals surface area (Å²) in [6.07, 6.45) is 1.44. The Morgan fingerprint density at radius 3 is 2.43 bits per heavy atom. The minimum absolute atomic E-state index is 0.0735.